The van der Waals surface area contributed by atoms with E-state index in [0.717, 1.165) is 11.1 Å². The Labute approximate surface area is 124 Å². The number of hydrogen-bond acceptors (Lipinski definition) is 4. The standard InChI is InChI=1S/C16H18N2O3/c1-2-14-16(21)17-15(20)11-18(14)10-13-6-3-5-12(9-13)7-4-8-19/h3,5-6,9,14,19H,2,8,10-11H2,1H3,(H,17,20,21). The molecule has 5 nitrogen and oxygen atoms in total. The maximum Gasteiger partial charge on any atom is 0.243 e. The van der Waals surface area contributed by atoms with E-state index in [1.54, 1.807) is 0 Å². The molecule has 2 N–H and O–H groups in total. The van der Waals surface area contributed by atoms with Gasteiger partial charge in [0, 0.05) is 12.1 Å². The summed E-state index contributed by atoms with van der Waals surface area (Å²) < 4.78 is 0. The molecule has 0 aromatic heterocycles. The lowest BCUT2D eigenvalue weighted by molar-refractivity contribution is -0.140. The topological polar surface area (TPSA) is 69.6 Å². The van der Waals surface area contributed by atoms with E-state index in [-0.39, 0.29) is 31.0 Å². The number of nitrogens with zero attached hydrogens (tertiary/aromatic N) is 1. The van der Waals surface area contributed by atoms with E-state index >= 15 is 0 Å². The molecule has 0 spiro atoms. The first-order chi connectivity index (χ1) is 10.1. The van der Waals surface area contributed by atoms with Crippen molar-refractivity contribution in [3.63, 3.8) is 0 Å². The Hall–Kier alpha value is -2.16. The smallest absolute Gasteiger partial charge is 0.243 e. The van der Waals surface area contributed by atoms with Crippen LogP contribution in [0.4, 0.5) is 0 Å². The third kappa shape index (κ3) is 3.91. The van der Waals surface area contributed by atoms with Gasteiger partial charge in [0.2, 0.25) is 11.8 Å². The molecule has 110 valence electrons. The molecule has 1 heterocycles. The first-order valence-electron chi connectivity index (χ1n) is 6.90. The number of rotatable bonds is 3. The zero-order valence-corrected chi connectivity index (χ0v) is 11.9. The molecule has 2 rings (SSSR count). The number of nitrogens with one attached hydrogen (secondary N) is 1. The van der Waals surface area contributed by atoms with Crippen molar-refractivity contribution in [2.45, 2.75) is 25.9 Å². The van der Waals surface area contributed by atoms with E-state index in [2.05, 4.69) is 17.2 Å². The third-order valence-electron chi connectivity index (χ3n) is 3.36. The van der Waals surface area contributed by atoms with Gasteiger partial charge in [-0.3, -0.25) is 19.8 Å². The van der Waals surface area contributed by atoms with Crippen LogP contribution in [0.3, 0.4) is 0 Å². The van der Waals surface area contributed by atoms with Gasteiger partial charge >= 0.3 is 0 Å². The van der Waals surface area contributed by atoms with Crippen LogP contribution in [0.5, 0.6) is 0 Å². The zero-order valence-electron chi connectivity index (χ0n) is 11.9. The predicted molar refractivity (Wildman–Crippen MR) is 78.0 cm³/mol. The molecule has 2 amide bonds. The van der Waals surface area contributed by atoms with Crippen LogP contribution in [-0.4, -0.2) is 41.0 Å². The molecule has 1 aromatic rings. The number of hydrogen-bond donors (Lipinski definition) is 2. The van der Waals surface area contributed by atoms with Crippen molar-refractivity contribution < 1.29 is 14.7 Å². The summed E-state index contributed by atoms with van der Waals surface area (Å²) in [5, 5.41) is 11.1. The minimum Gasteiger partial charge on any atom is -0.384 e. The monoisotopic (exact) mass is 286 g/mol. The van der Waals surface area contributed by atoms with E-state index in [1.807, 2.05) is 36.1 Å². The molecule has 21 heavy (non-hydrogen) atoms. The van der Waals surface area contributed by atoms with Crippen LogP contribution in [-0.2, 0) is 16.1 Å². The molecule has 1 aliphatic rings. The number of aliphatic hydroxyl groups is 1. The molecule has 0 bridgehead atoms. The first-order valence-corrected chi connectivity index (χ1v) is 6.90. The van der Waals surface area contributed by atoms with Crippen molar-refractivity contribution in [1.82, 2.24) is 10.2 Å². The number of imide groups is 1. The highest BCUT2D eigenvalue weighted by atomic mass is 16.2. The van der Waals surface area contributed by atoms with Crippen LogP contribution < -0.4 is 5.32 Å². The summed E-state index contributed by atoms with van der Waals surface area (Å²) in [6.45, 7) is 2.49. The van der Waals surface area contributed by atoms with Gasteiger partial charge in [-0.25, -0.2) is 0 Å². The molecule has 1 saturated heterocycles. The van der Waals surface area contributed by atoms with Crippen molar-refractivity contribution in [3.8, 4) is 11.8 Å². The van der Waals surface area contributed by atoms with Crippen molar-refractivity contribution in [2.75, 3.05) is 13.2 Å². The number of piperazine rings is 1. The number of amides is 2. The molecular formula is C16H18N2O3. The van der Waals surface area contributed by atoms with Crippen molar-refractivity contribution in [1.29, 1.82) is 0 Å². The van der Waals surface area contributed by atoms with Crippen LogP contribution in [0.15, 0.2) is 24.3 Å². The Balaban J connectivity index is 2.15. The Bertz CT molecular complexity index is 601. The third-order valence-corrected chi connectivity index (χ3v) is 3.36. The maximum atomic E-state index is 11.8. The van der Waals surface area contributed by atoms with Gasteiger partial charge in [0.25, 0.3) is 0 Å². The minimum absolute atomic E-state index is 0.178. The average Bonchev–Trinajstić information content (AvgIpc) is 2.45. The molecule has 1 fully saturated rings. The quantitative estimate of drug-likeness (QED) is 0.618. The molecule has 5 heteroatoms. The second-order valence-corrected chi connectivity index (χ2v) is 4.90. The summed E-state index contributed by atoms with van der Waals surface area (Å²) >= 11 is 0. The highest BCUT2D eigenvalue weighted by Gasteiger charge is 2.32. The summed E-state index contributed by atoms with van der Waals surface area (Å²) in [4.78, 5) is 25.2. The van der Waals surface area contributed by atoms with Crippen LogP contribution in [0, 0.1) is 11.8 Å². The largest absolute Gasteiger partial charge is 0.384 e. The molecule has 1 unspecified atom stereocenters. The molecule has 1 aromatic carbocycles. The summed E-state index contributed by atoms with van der Waals surface area (Å²) in [5.74, 6) is 4.96. The lowest BCUT2D eigenvalue weighted by atomic mass is 10.1. The van der Waals surface area contributed by atoms with Gasteiger partial charge in [0.15, 0.2) is 0 Å². The molecule has 0 radical (unpaired) electrons. The number of carbonyl (C=O) groups is 2. The maximum absolute atomic E-state index is 11.8. The Morgan fingerprint density at radius 2 is 2.24 bits per heavy atom. The number of benzene rings is 1. The zero-order chi connectivity index (χ0) is 15.2. The molecule has 1 aliphatic heterocycles. The summed E-state index contributed by atoms with van der Waals surface area (Å²) in [6.07, 6.45) is 0.656. The van der Waals surface area contributed by atoms with E-state index in [1.165, 1.54) is 0 Å². The fourth-order valence-corrected chi connectivity index (χ4v) is 2.45. The Morgan fingerprint density at radius 3 is 2.95 bits per heavy atom. The summed E-state index contributed by atoms with van der Waals surface area (Å²) in [5.41, 5.74) is 1.79. The lowest BCUT2D eigenvalue weighted by Crippen LogP contribution is -2.57. The van der Waals surface area contributed by atoms with Gasteiger partial charge in [-0.2, -0.15) is 0 Å². The van der Waals surface area contributed by atoms with Gasteiger partial charge in [-0.05, 0) is 24.1 Å². The van der Waals surface area contributed by atoms with E-state index < -0.39 is 0 Å². The van der Waals surface area contributed by atoms with Crippen LogP contribution in [0.1, 0.15) is 24.5 Å². The lowest BCUT2D eigenvalue weighted by Gasteiger charge is -2.33. The predicted octanol–water partition coefficient (Wildman–Crippen LogP) is 0.267. The number of aliphatic hydroxyl groups excluding tert-OH is 1. The van der Waals surface area contributed by atoms with E-state index in [9.17, 15) is 9.59 Å². The van der Waals surface area contributed by atoms with Crippen molar-refractivity contribution >= 4 is 11.8 Å². The van der Waals surface area contributed by atoms with E-state index in [4.69, 9.17) is 5.11 Å². The summed E-state index contributed by atoms with van der Waals surface area (Å²) in [7, 11) is 0. The van der Waals surface area contributed by atoms with Crippen LogP contribution >= 0.6 is 0 Å². The first kappa shape index (κ1) is 15.2. The molecule has 0 saturated carbocycles. The van der Waals surface area contributed by atoms with Gasteiger partial charge in [0.05, 0.1) is 12.6 Å². The second-order valence-electron chi connectivity index (χ2n) is 4.90. The Morgan fingerprint density at radius 1 is 1.43 bits per heavy atom. The van der Waals surface area contributed by atoms with Gasteiger partial charge in [-0.15, -0.1) is 0 Å². The molecular weight excluding hydrogens is 268 g/mol. The SMILES string of the molecule is CCC1C(=O)NC(=O)CN1Cc1cccc(C#CCO)c1. The van der Waals surface area contributed by atoms with Gasteiger partial charge in [-0.1, -0.05) is 30.9 Å². The van der Waals surface area contributed by atoms with Crippen LogP contribution in [0.25, 0.3) is 0 Å². The van der Waals surface area contributed by atoms with E-state index in [0.29, 0.717) is 13.0 Å². The summed E-state index contributed by atoms with van der Waals surface area (Å²) in [6, 6.07) is 7.30. The van der Waals surface area contributed by atoms with Crippen molar-refractivity contribution in [3.05, 3.63) is 35.4 Å². The molecule has 0 aliphatic carbocycles. The average molecular weight is 286 g/mol. The fraction of sp³-hybridized carbons (Fsp3) is 0.375. The van der Waals surface area contributed by atoms with Crippen LogP contribution in [0.2, 0.25) is 0 Å². The highest BCUT2D eigenvalue weighted by Crippen LogP contribution is 2.14. The highest BCUT2D eigenvalue weighted by molar-refractivity contribution is 6.01. The van der Waals surface area contributed by atoms with Gasteiger partial charge in [0.1, 0.15) is 6.61 Å². The fourth-order valence-electron chi connectivity index (χ4n) is 2.45. The second kappa shape index (κ2) is 7.02. The normalized spacial score (nSPS) is 18.9. The minimum atomic E-state index is -0.283. The van der Waals surface area contributed by atoms with Crippen molar-refractivity contribution in [2.24, 2.45) is 0 Å². The number of carbonyl (C=O) groups excluding carboxylic acids is 2. The van der Waals surface area contributed by atoms with Gasteiger partial charge < -0.3 is 5.11 Å². The molecule has 1 atom stereocenters. The Kier molecular flexibility index (Phi) is 5.09.